The Morgan fingerprint density at radius 1 is 1.33 bits per heavy atom. The molecule has 5 N–H and O–H groups in total. The van der Waals surface area contributed by atoms with Crippen molar-refractivity contribution in [3.8, 4) is 0 Å². The van der Waals surface area contributed by atoms with Crippen LogP contribution in [0.5, 0.6) is 0 Å². The fourth-order valence-electron chi connectivity index (χ4n) is 1.08. The van der Waals surface area contributed by atoms with Crippen molar-refractivity contribution >= 4 is 11.8 Å². The summed E-state index contributed by atoms with van der Waals surface area (Å²) in [6, 6.07) is -0.594. The van der Waals surface area contributed by atoms with Gasteiger partial charge in [-0.1, -0.05) is 13.8 Å². The zero-order valence-corrected chi connectivity index (χ0v) is 9.83. The summed E-state index contributed by atoms with van der Waals surface area (Å²) in [5.41, 5.74) is 9.74. The molecule has 0 saturated heterocycles. The maximum Gasteiger partial charge on any atom is 0.242 e. The Kier molecular flexibility index (Phi) is 4.74. The van der Waals surface area contributed by atoms with E-state index in [2.05, 4.69) is 5.32 Å². The minimum atomic E-state index is -1.05. The number of rotatable bonds is 5. The molecule has 1 atom stereocenters. The minimum Gasteiger partial charge on any atom is -0.368 e. The van der Waals surface area contributed by atoms with Gasteiger partial charge in [-0.05, 0) is 26.2 Å². The fraction of sp³-hybridized carbons (Fsp3) is 0.800. The van der Waals surface area contributed by atoms with Crippen LogP contribution in [0.4, 0.5) is 0 Å². The van der Waals surface area contributed by atoms with Crippen LogP contribution in [0.15, 0.2) is 0 Å². The molecule has 0 fully saturated rings. The second kappa shape index (κ2) is 5.11. The van der Waals surface area contributed by atoms with E-state index in [1.165, 1.54) is 0 Å². The van der Waals surface area contributed by atoms with Crippen LogP contribution in [0.3, 0.4) is 0 Å². The zero-order chi connectivity index (χ0) is 12.2. The summed E-state index contributed by atoms with van der Waals surface area (Å²) in [6.07, 6.45) is 0.584. The maximum absolute atomic E-state index is 11.6. The number of carbonyl (C=O) groups is 2. The first-order valence-corrected chi connectivity index (χ1v) is 5.04. The van der Waals surface area contributed by atoms with Gasteiger partial charge in [0.15, 0.2) is 0 Å². The topological polar surface area (TPSA) is 98.2 Å². The first-order chi connectivity index (χ1) is 6.66. The molecule has 0 aliphatic rings. The lowest BCUT2D eigenvalue weighted by Crippen LogP contribution is -2.57. The molecule has 1 unspecified atom stereocenters. The van der Waals surface area contributed by atoms with Crippen LogP contribution in [-0.4, -0.2) is 23.4 Å². The number of amides is 2. The van der Waals surface area contributed by atoms with Crippen molar-refractivity contribution in [3.63, 3.8) is 0 Å². The molecule has 15 heavy (non-hydrogen) atoms. The molecule has 0 aromatic carbocycles. The van der Waals surface area contributed by atoms with Crippen molar-refractivity contribution in [3.05, 3.63) is 0 Å². The Morgan fingerprint density at radius 3 is 2.13 bits per heavy atom. The van der Waals surface area contributed by atoms with Gasteiger partial charge in [0, 0.05) is 0 Å². The van der Waals surface area contributed by atoms with Gasteiger partial charge < -0.3 is 16.8 Å². The van der Waals surface area contributed by atoms with Gasteiger partial charge in [-0.3, -0.25) is 9.59 Å². The minimum absolute atomic E-state index is 0.336. The van der Waals surface area contributed by atoms with Gasteiger partial charge in [0.05, 0.1) is 6.04 Å². The summed E-state index contributed by atoms with van der Waals surface area (Å²) in [5, 5.41) is 2.52. The number of nitrogens with two attached hydrogens (primary N) is 2. The number of hydrogen-bond acceptors (Lipinski definition) is 3. The SMILES string of the molecule is CC(C)CC(N)C(=O)NC(C)(C)C(N)=O. The first-order valence-electron chi connectivity index (χ1n) is 5.04. The largest absolute Gasteiger partial charge is 0.368 e. The van der Waals surface area contributed by atoms with Crippen molar-refractivity contribution in [2.45, 2.75) is 45.7 Å². The molecule has 0 radical (unpaired) electrons. The van der Waals surface area contributed by atoms with Gasteiger partial charge in [0.25, 0.3) is 0 Å². The molecule has 0 saturated carbocycles. The lowest BCUT2D eigenvalue weighted by atomic mass is 10.0. The molecule has 0 aromatic heterocycles. The summed E-state index contributed by atoms with van der Waals surface area (Å²) in [7, 11) is 0. The Morgan fingerprint density at radius 2 is 1.80 bits per heavy atom. The van der Waals surface area contributed by atoms with Crippen LogP contribution < -0.4 is 16.8 Å². The molecule has 88 valence electrons. The average molecular weight is 215 g/mol. The lowest BCUT2D eigenvalue weighted by molar-refractivity contribution is -0.131. The lowest BCUT2D eigenvalue weighted by Gasteiger charge is -2.24. The van der Waals surface area contributed by atoms with Crippen molar-refractivity contribution in [1.29, 1.82) is 0 Å². The molecule has 5 nitrogen and oxygen atoms in total. The highest BCUT2D eigenvalue weighted by Crippen LogP contribution is 2.05. The Balaban J connectivity index is 4.30. The van der Waals surface area contributed by atoms with Crippen LogP contribution in [0.1, 0.15) is 34.1 Å². The summed E-state index contributed by atoms with van der Waals surface area (Å²) >= 11 is 0. The number of hydrogen-bond donors (Lipinski definition) is 3. The maximum atomic E-state index is 11.6. The highest BCUT2D eigenvalue weighted by Gasteiger charge is 2.29. The van der Waals surface area contributed by atoms with Crippen LogP contribution in [0.2, 0.25) is 0 Å². The van der Waals surface area contributed by atoms with Gasteiger partial charge in [0.1, 0.15) is 5.54 Å². The summed E-state index contributed by atoms with van der Waals surface area (Å²) in [4.78, 5) is 22.5. The molecule has 5 heteroatoms. The molecule has 0 aromatic rings. The first kappa shape index (κ1) is 13.9. The molecule has 0 rings (SSSR count). The third-order valence-corrected chi connectivity index (χ3v) is 2.11. The molecule has 0 spiro atoms. The van der Waals surface area contributed by atoms with E-state index in [1.807, 2.05) is 13.8 Å². The molecule has 2 amide bonds. The van der Waals surface area contributed by atoms with E-state index in [-0.39, 0.29) is 5.91 Å². The average Bonchev–Trinajstić information content (AvgIpc) is 2.01. The second-order valence-corrected chi connectivity index (χ2v) is 4.71. The van der Waals surface area contributed by atoms with Crippen LogP contribution >= 0.6 is 0 Å². The molecule has 0 aliphatic heterocycles. The van der Waals surface area contributed by atoms with Gasteiger partial charge in [-0.25, -0.2) is 0 Å². The highest BCUT2D eigenvalue weighted by molar-refractivity contribution is 5.91. The predicted molar refractivity (Wildman–Crippen MR) is 58.8 cm³/mol. The predicted octanol–water partition coefficient (Wildman–Crippen LogP) is -0.260. The van der Waals surface area contributed by atoms with E-state index in [9.17, 15) is 9.59 Å². The van der Waals surface area contributed by atoms with Crippen molar-refractivity contribution < 1.29 is 9.59 Å². The number of carbonyl (C=O) groups excluding carboxylic acids is 2. The van der Waals surface area contributed by atoms with E-state index in [0.29, 0.717) is 12.3 Å². The van der Waals surface area contributed by atoms with E-state index in [0.717, 1.165) is 0 Å². The molecule has 0 heterocycles. The Labute approximate surface area is 90.6 Å². The van der Waals surface area contributed by atoms with Gasteiger partial charge in [0.2, 0.25) is 11.8 Å². The van der Waals surface area contributed by atoms with E-state index in [1.54, 1.807) is 13.8 Å². The Bertz CT molecular complexity index is 249. The third kappa shape index (κ3) is 4.78. The highest BCUT2D eigenvalue weighted by atomic mass is 16.2. The zero-order valence-electron chi connectivity index (χ0n) is 9.83. The van der Waals surface area contributed by atoms with Crippen LogP contribution in [-0.2, 0) is 9.59 Å². The Hall–Kier alpha value is -1.10. The number of primary amides is 1. The van der Waals surface area contributed by atoms with Crippen molar-refractivity contribution in [2.75, 3.05) is 0 Å². The second-order valence-electron chi connectivity index (χ2n) is 4.71. The van der Waals surface area contributed by atoms with Gasteiger partial charge in [-0.15, -0.1) is 0 Å². The third-order valence-electron chi connectivity index (χ3n) is 2.11. The number of nitrogens with one attached hydrogen (secondary N) is 1. The normalized spacial score (nSPS) is 13.7. The molecular formula is C10H21N3O2. The van der Waals surface area contributed by atoms with E-state index in [4.69, 9.17) is 11.5 Å². The van der Waals surface area contributed by atoms with Crippen LogP contribution in [0.25, 0.3) is 0 Å². The smallest absolute Gasteiger partial charge is 0.242 e. The monoisotopic (exact) mass is 215 g/mol. The van der Waals surface area contributed by atoms with Gasteiger partial charge in [-0.2, -0.15) is 0 Å². The van der Waals surface area contributed by atoms with Gasteiger partial charge >= 0.3 is 0 Å². The molecule has 0 bridgehead atoms. The molecule has 0 aliphatic carbocycles. The van der Waals surface area contributed by atoms with E-state index < -0.39 is 17.5 Å². The van der Waals surface area contributed by atoms with E-state index >= 15 is 0 Å². The summed E-state index contributed by atoms with van der Waals surface area (Å²) in [5.74, 6) is -0.581. The van der Waals surface area contributed by atoms with Crippen molar-refractivity contribution in [1.82, 2.24) is 5.32 Å². The van der Waals surface area contributed by atoms with Crippen molar-refractivity contribution in [2.24, 2.45) is 17.4 Å². The summed E-state index contributed by atoms with van der Waals surface area (Å²) < 4.78 is 0. The molecular weight excluding hydrogens is 194 g/mol. The fourth-order valence-corrected chi connectivity index (χ4v) is 1.08. The standard InChI is InChI=1S/C10H21N3O2/c1-6(2)5-7(11)8(14)13-10(3,4)9(12)15/h6-7H,5,11H2,1-4H3,(H2,12,15)(H,13,14). The summed E-state index contributed by atoms with van der Waals surface area (Å²) in [6.45, 7) is 7.06. The van der Waals surface area contributed by atoms with Crippen LogP contribution in [0, 0.1) is 5.92 Å². The quantitative estimate of drug-likeness (QED) is 0.589.